The topological polar surface area (TPSA) is 46.5 Å². The van der Waals surface area contributed by atoms with Gasteiger partial charge in [0.2, 0.25) is 0 Å². The summed E-state index contributed by atoms with van der Waals surface area (Å²) in [5.74, 6) is 1.93. The van der Waals surface area contributed by atoms with Crippen LogP contribution in [0.5, 0.6) is 0 Å². The highest BCUT2D eigenvalue weighted by Crippen LogP contribution is 2.37. The van der Waals surface area contributed by atoms with Crippen LogP contribution in [0.4, 0.5) is 0 Å². The minimum atomic E-state index is -1.83. The van der Waals surface area contributed by atoms with Gasteiger partial charge in [-0.3, -0.25) is 4.79 Å². The molecule has 0 radical (unpaired) electrons. The minimum Gasteiger partial charge on any atom is -0.481 e. The Labute approximate surface area is 112 Å². The monoisotopic (exact) mass is 270 g/mol. The molecule has 0 aliphatic carbocycles. The first-order valence-corrected chi connectivity index (χ1v) is 9.36. The molecule has 0 aromatic heterocycles. The first kappa shape index (κ1) is 17.2. The average Bonchev–Trinajstić information content (AvgIpc) is 2.20. The molecule has 18 heavy (non-hydrogen) atoms. The van der Waals surface area contributed by atoms with Crippen molar-refractivity contribution >= 4 is 14.3 Å². The van der Waals surface area contributed by atoms with Crippen molar-refractivity contribution in [3.8, 4) is 12.3 Å². The standard InChI is InChI=1S/C14H26O3Si/c1-7-12(10-8-9-11-13(15)16)17-18(5,6)14(2,3)4/h1,12H,8-11H2,2-6H3,(H,15,16)/t12-/m1/s1. The number of rotatable bonds is 7. The van der Waals surface area contributed by atoms with Gasteiger partial charge in [0.15, 0.2) is 8.32 Å². The quantitative estimate of drug-likeness (QED) is 0.436. The van der Waals surface area contributed by atoms with Crippen molar-refractivity contribution < 1.29 is 14.3 Å². The predicted octanol–water partition coefficient (Wildman–Crippen LogP) is 3.66. The van der Waals surface area contributed by atoms with E-state index in [0.29, 0.717) is 6.42 Å². The molecule has 0 aromatic rings. The van der Waals surface area contributed by atoms with Crippen LogP contribution in [0, 0.1) is 12.3 Å². The van der Waals surface area contributed by atoms with E-state index in [1.54, 1.807) is 0 Å². The lowest BCUT2D eigenvalue weighted by Gasteiger charge is -2.38. The first-order valence-electron chi connectivity index (χ1n) is 6.46. The third-order valence-electron chi connectivity index (χ3n) is 3.54. The van der Waals surface area contributed by atoms with Gasteiger partial charge in [-0.1, -0.05) is 26.7 Å². The third kappa shape index (κ3) is 6.22. The summed E-state index contributed by atoms with van der Waals surface area (Å²) in [6, 6.07) is 0. The van der Waals surface area contributed by atoms with Crippen LogP contribution in [0.2, 0.25) is 18.1 Å². The number of carboxylic acid groups (broad SMARTS) is 1. The van der Waals surface area contributed by atoms with Gasteiger partial charge in [-0.15, -0.1) is 6.42 Å². The van der Waals surface area contributed by atoms with Crippen LogP contribution in [0.25, 0.3) is 0 Å². The summed E-state index contributed by atoms with van der Waals surface area (Å²) >= 11 is 0. The number of hydrogen-bond donors (Lipinski definition) is 1. The molecule has 0 saturated carbocycles. The van der Waals surface area contributed by atoms with Crippen molar-refractivity contribution in [1.82, 2.24) is 0 Å². The van der Waals surface area contributed by atoms with Crippen molar-refractivity contribution in [3.63, 3.8) is 0 Å². The van der Waals surface area contributed by atoms with E-state index in [2.05, 4.69) is 39.8 Å². The number of terminal acetylenes is 1. The molecule has 0 amide bonds. The maximum absolute atomic E-state index is 10.4. The van der Waals surface area contributed by atoms with Crippen LogP contribution < -0.4 is 0 Å². The molecule has 0 spiro atoms. The SMILES string of the molecule is C#C[C@H](CCCCC(=O)O)O[Si](C)(C)C(C)(C)C. The molecule has 104 valence electrons. The molecule has 0 bridgehead atoms. The van der Waals surface area contributed by atoms with Gasteiger partial charge in [-0.2, -0.15) is 0 Å². The second-order valence-electron chi connectivity index (χ2n) is 6.17. The zero-order valence-electron chi connectivity index (χ0n) is 12.2. The number of carboxylic acids is 1. The Kier molecular flexibility index (Phi) is 6.65. The van der Waals surface area contributed by atoms with Crippen LogP contribution in [-0.2, 0) is 9.22 Å². The van der Waals surface area contributed by atoms with E-state index in [0.717, 1.165) is 12.8 Å². The Morgan fingerprint density at radius 3 is 2.33 bits per heavy atom. The smallest absolute Gasteiger partial charge is 0.303 e. The summed E-state index contributed by atoms with van der Waals surface area (Å²) in [5.41, 5.74) is 0. The largest absolute Gasteiger partial charge is 0.481 e. The summed E-state index contributed by atoms with van der Waals surface area (Å²) in [4.78, 5) is 10.4. The summed E-state index contributed by atoms with van der Waals surface area (Å²) in [7, 11) is -1.83. The second-order valence-corrected chi connectivity index (χ2v) is 10.9. The van der Waals surface area contributed by atoms with Gasteiger partial charge in [0.25, 0.3) is 0 Å². The van der Waals surface area contributed by atoms with E-state index in [4.69, 9.17) is 16.0 Å². The molecular formula is C14H26O3Si. The van der Waals surface area contributed by atoms with Gasteiger partial charge in [0.1, 0.15) is 6.10 Å². The van der Waals surface area contributed by atoms with Gasteiger partial charge >= 0.3 is 5.97 Å². The Bertz CT molecular complexity index is 310. The fourth-order valence-electron chi connectivity index (χ4n) is 1.31. The van der Waals surface area contributed by atoms with Crippen LogP contribution in [0.15, 0.2) is 0 Å². The average molecular weight is 270 g/mol. The molecule has 1 atom stereocenters. The van der Waals surface area contributed by atoms with Crippen molar-refractivity contribution in [2.75, 3.05) is 0 Å². The van der Waals surface area contributed by atoms with E-state index in [1.165, 1.54) is 0 Å². The fourth-order valence-corrected chi connectivity index (χ4v) is 2.57. The second kappa shape index (κ2) is 6.96. The molecule has 1 N–H and O–H groups in total. The van der Waals surface area contributed by atoms with E-state index in [-0.39, 0.29) is 17.6 Å². The minimum absolute atomic E-state index is 0.142. The molecule has 0 aromatic carbocycles. The fraction of sp³-hybridized carbons (Fsp3) is 0.786. The number of hydrogen-bond acceptors (Lipinski definition) is 2. The first-order chi connectivity index (χ1) is 8.10. The maximum atomic E-state index is 10.4. The predicted molar refractivity (Wildman–Crippen MR) is 77.0 cm³/mol. The lowest BCUT2D eigenvalue weighted by atomic mass is 10.1. The van der Waals surface area contributed by atoms with Crippen molar-refractivity contribution in [2.45, 2.75) is 70.7 Å². The van der Waals surface area contributed by atoms with Gasteiger partial charge in [-0.25, -0.2) is 0 Å². The molecule has 0 saturated heterocycles. The zero-order chi connectivity index (χ0) is 14.4. The normalized spacial score (nSPS) is 14.0. The summed E-state index contributed by atoms with van der Waals surface area (Å²) < 4.78 is 6.11. The maximum Gasteiger partial charge on any atom is 0.303 e. The van der Waals surface area contributed by atoms with Gasteiger partial charge in [-0.05, 0) is 37.4 Å². The molecule has 0 fully saturated rings. The highest BCUT2D eigenvalue weighted by atomic mass is 28.4. The summed E-state index contributed by atoms with van der Waals surface area (Å²) in [6.45, 7) is 10.9. The molecule has 3 nitrogen and oxygen atoms in total. The summed E-state index contributed by atoms with van der Waals surface area (Å²) in [5, 5.41) is 8.71. The molecule has 0 aliphatic rings. The van der Waals surface area contributed by atoms with E-state index < -0.39 is 14.3 Å². The molecule has 0 heterocycles. The van der Waals surface area contributed by atoms with E-state index in [9.17, 15) is 4.79 Å². The Morgan fingerprint density at radius 2 is 1.94 bits per heavy atom. The Morgan fingerprint density at radius 1 is 1.39 bits per heavy atom. The molecule has 0 unspecified atom stereocenters. The third-order valence-corrected chi connectivity index (χ3v) is 8.02. The zero-order valence-corrected chi connectivity index (χ0v) is 13.2. The molecule has 0 aliphatic heterocycles. The summed E-state index contributed by atoms with van der Waals surface area (Å²) in [6.07, 6.45) is 7.73. The molecular weight excluding hydrogens is 244 g/mol. The van der Waals surface area contributed by atoms with Crippen molar-refractivity contribution in [2.24, 2.45) is 0 Å². The van der Waals surface area contributed by atoms with Crippen LogP contribution in [-0.4, -0.2) is 25.5 Å². The van der Waals surface area contributed by atoms with Crippen LogP contribution in [0.3, 0.4) is 0 Å². The Balaban J connectivity index is 4.21. The number of aliphatic carboxylic acids is 1. The molecule has 0 rings (SSSR count). The van der Waals surface area contributed by atoms with Crippen LogP contribution in [0.1, 0.15) is 46.5 Å². The van der Waals surface area contributed by atoms with Gasteiger partial charge in [0, 0.05) is 6.42 Å². The van der Waals surface area contributed by atoms with Crippen molar-refractivity contribution in [3.05, 3.63) is 0 Å². The van der Waals surface area contributed by atoms with E-state index in [1.807, 2.05) is 0 Å². The van der Waals surface area contributed by atoms with Crippen LogP contribution >= 0.6 is 0 Å². The van der Waals surface area contributed by atoms with Gasteiger partial charge < -0.3 is 9.53 Å². The highest BCUT2D eigenvalue weighted by Gasteiger charge is 2.38. The van der Waals surface area contributed by atoms with Gasteiger partial charge in [0.05, 0.1) is 0 Å². The van der Waals surface area contributed by atoms with E-state index >= 15 is 0 Å². The number of unbranched alkanes of at least 4 members (excludes halogenated alkanes) is 1. The molecule has 4 heteroatoms. The lowest BCUT2D eigenvalue weighted by molar-refractivity contribution is -0.137. The highest BCUT2D eigenvalue weighted by molar-refractivity contribution is 6.74. The number of carbonyl (C=O) groups is 1. The lowest BCUT2D eigenvalue weighted by Crippen LogP contribution is -2.43. The Hall–Kier alpha value is -0.793. The van der Waals surface area contributed by atoms with Crippen molar-refractivity contribution in [1.29, 1.82) is 0 Å².